The second-order valence-corrected chi connectivity index (χ2v) is 12.3. The first kappa shape index (κ1) is 26.6. The van der Waals surface area contributed by atoms with Crippen molar-refractivity contribution < 1.29 is 54.0 Å². The van der Waals surface area contributed by atoms with Crippen molar-refractivity contribution in [2.75, 3.05) is 6.61 Å². The first-order valence-corrected chi connectivity index (χ1v) is 13.3. The maximum Gasteiger partial charge on any atom is 0.432 e. The van der Waals surface area contributed by atoms with Gasteiger partial charge >= 0.3 is 23.4 Å². The summed E-state index contributed by atoms with van der Waals surface area (Å²) in [4.78, 5) is 25.4. The van der Waals surface area contributed by atoms with Gasteiger partial charge < -0.3 is 14.0 Å². The van der Waals surface area contributed by atoms with E-state index in [9.17, 15) is 44.5 Å². The lowest BCUT2D eigenvalue weighted by Crippen LogP contribution is -2.53. The second-order valence-electron chi connectivity index (χ2n) is 10.9. The van der Waals surface area contributed by atoms with Crippen molar-refractivity contribution in [3.63, 3.8) is 0 Å². The summed E-state index contributed by atoms with van der Waals surface area (Å²) in [6.07, 6.45) is -3.40. The van der Waals surface area contributed by atoms with Gasteiger partial charge in [0, 0.05) is 5.41 Å². The molecule has 0 spiro atoms. The number of halogens is 5. The van der Waals surface area contributed by atoms with E-state index in [1.165, 1.54) is 19.3 Å². The van der Waals surface area contributed by atoms with E-state index < -0.39 is 51.4 Å². The van der Waals surface area contributed by atoms with Crippen molar-refractivity contribution in [2.24, 2.45) is 35.0 Å². The molecule has 0 radical (unpaired) electrons. The summed E-state index contributed by atoms with van der Waals surface area (Å²) in [5.74, 6) is -3.53. The average Bonchev–Trinajstić information content (AvgIpc) is 2.73. The Hall–Kier alpha value is -1.50. The maximum absolute atomic E-state index is 13.8. The molecule has 5 aliphatic carbocycles. The summed E-state index contributed by atoms with van der Waals surface area (Å²) < 4.78 is 109. The van der Waals surface area contributed by atoms with Gasteiger partial charge in [-0.25, -0.2) is 8.42 Å². The lowest BCUT2D eigenvalue weighted by atomic mass is 9.50. The zero-order valence-corrected chi connectivity index (χ0v) is 19.7. The van der Waals surface area contributed by atoms with Crippen LogP contribution in [0.25, 0.3) is 0 Å². The third kappa shape index (κ3) is 5.30. The Kier molecular flexibility index (Phi) is 6.91. The first-order chi connectivity index (χ1) is 16.1. The highest BCUT2D eigenvalue weighted by Crippen LogP contribution is 2.60. The van der Waals surface area contributed by atoms with Gasteiger partial charge in [0.1, 0.15) is 0 Å². The molecular formula is C22H28F5O7S-. The van der Waals surface area contributed by atoms with Crippen LogP contribution in [0.1, 0.15) is 64.2 Å². The van der Waals surface area contributed by atoms with Crippen LogP contribution in [-0.2, 0) is 29.2 Å². The van der Waals surface area contributed by atoms with Crippen LogP contribution in [0.3, 0.4) is 0 Å². The number of carbonyl (C=O) groups is 2. The van der Waals surface area contributed by atoms with Crippen molar-refractivity contribution in [2.45, 2.75) is 81.7 Å². The smallest absolute Gasteiger partial charge is 0.432 e. The van der Waals surface area contributed by atoms with Crippen LogP contribution in [-0.4, -0.2) is 49.1 Å². The summed E-state index contributed by atoms with van der Waals surface area (Å²) >= 11 is 0. The Morgan fingerprint density at radius 2 is 1.34 bits per heavy atom. The predicted octanol–water partition coefficient (Wildman–Crippen LogP) is 4.16. The minimum atomic E-state index is -6.79. The topological polar surface area (TPSA) is 110 Å². The summed E-state index contributed by atoms with van der Waals surface area (Å²) in [5, 5.41) is -5.93. The van der Waals surface area contributed by atoms with Gasteiger partial charge in [-0.1, -0.05) is 12.8 Å². The van der Waals surface area contributed by atoms with E-state index in [0.29, 0.717) is 30.6 Å². The van der Waals surface area contributed by atoms with E-state index in [2.05, 4.69) is 4.74 Å². The van der Waals surface area contributed by atoms with E-state index in [1.807, 2.05) is 0 Å². The summed E-state index contributed by atoms with van der Waals surface area (Å²) in [6, 6.07) is 0. The van der Waals surface area contributed by atoms with Crippen molar-refractivity contribution in [3.05, 3.63) is 0 Å². The van der Waals surface area contributed by atoms with Gasteiger partial charge in [0.25, 0.3) is 6.10 Å². The van der Waals surface area contributed by atoms with Gasteiger partial charge in [-0.15, -0.1) is 0 Å². The van der Waals surface area contributed by atoms with Crippen LogP contribution < -0.4 is 0 Å². The largest absolute Gasteiger partial charge is 0.743 e. The number of esters is 2. The molecule has 0 aromatic heterocycles. The Morgan fingerprint density at radius 3 is 1.77 bits per heavy atom. The van der Waals surface area contributed by atoms with E-state index in [4.69, 9.17) is 4.74 Å². The molecule has 3 atom stereocenters. The molecule has 0 amide bonds. The lowest BCUT2D eigenvalue weighted by molar-refractivity contribution is -0.261. The van der Waals surface area contributed by atoms with Crippen molar-refractivity contribution in [1.29, 1.82) is 0 Å². The minimum Gasteiger partial charge on any atom is -0.743 e. The van der Waals surface area contributed by atoms with E-state index in [1.54, 1.807) is 0 Å². The molecule has 0 aromatic rings. The molecule has 7 nitrogen and oxygen atoms in total. The molecule has 0 aromatic carbocycles. The highest BCUT2D eigenvalue weighted by atomic mass is 32.2. The zero-order valence-electron chi connectivity index (χ0n) is 18.9. The first-order valence-electron chi connectivity index (χ1n) is 11.9. The predicted molar refractivity (Wildman–Crippen MR) is 108 cm³/mol. The molecule has 0 N–H and O–H groups in total. The van der Waals surface area contributed by atoms with Crippen molar-refractivity contribution in [1.82, 2.24) is 0 Å². The highest BCUT2D eigenvalue weighted by Gasteiger charge is 2.63. The number of ether oxygens (including phenoxy) is 2. The molecule has 13 heteroatoms. The third-order valence-electron chi connectivity index (χ3n) is 8.23. The molecule has 0 heterocycles. The fraction of sp³-hybridized carbons (Fsp3) is 0.909. The van der Waals surface area contributed by atoms with Crippen LogP contribution >= 0.6 is 0 Å². The number of hydrogen-bond acceptors (Lipinski definition) is 7. The average molecular weight is 532 g/mol. The van der Waals surface area contributed by atoms with Gasteiger partial charge in [0.2, 0.25) is 0 Å². The fourth-order valence-corrected chi connectivity index (χ4v) is 7.60. The molecule has 5 aliphatic rings. The van der Waals surface area contributed by atoms with Crippen LogP contribution in [0.15, 0.2) is 0 Å². The third-order valence-corrected chi connectivity index (χ3v) is 9.11. The second kappa shape index (κ2) is 9.11. The standard InChI is InChI=1S/C22H29F5O7S/c23-21(24,25)19(22(26,27)35(30,31)32)34-18(29)16-4-2-1-3-15(16)17(28)33-11-20-8-12-5-13(9-20)7-14(6-12)10-20/h12-16,19H,1-11H2,(H,30,31,32)/p-1. The van der Waals surface area contributed by atoms with E-state index in [0.717, 1.165) is 19.3 Å². The molecule has 5 rings (SSSR count). The number of hydrogen-bond donors (Lipinski definition) is 0. The fourth-order valence-electron chi connectivity index (χ4n) is 7.15. The highest BCUT2D eigenvalue weighted by molar-refractivity contribution is 7.86. The summed E-state index contributed by atoms with van der Waals surface area (Å²) in [5.41, 5.74) is -0.138. The summed E-state index contributed by atoms with van der Waals surface area (Å²) in [7, 11) is -6.79. The van der Waals surface area contributed by atoms with Gasteiger partial charge in [0.15, 0.2) is 10.1 Å². The number of rotatable bonds is 7. The van der Waals surface area contributed by atoms with Gasteiger partial charge in [-0.3, -0.25) is 9.59 Å². The molecular weight excluding hydrogens is 503 g/mol. The molecule has 5 saturated carbocycles. The molecule has 4 bridgehead atoms. The van der Waals surface area contributed by atoms with Crippen LogP contribution in [0, 0.1) is 35.0 Å². The van der Waals surface area contributed by atoms with Crippen LogP contribution in [0.2, 0.25) is 0 Å². The van der Waals surface area contributed by atoms with Crippen molar-refractivity contribution >= 4 is 22.1 Å². The molecule has 35 heavy (non-hydrogen) atoms. The molecule has 0 aliphatic heterocycles. The van der Waals surface area contributed by atoms with Crippen LogP contribution in [0.4, 0.5) is 22.0 Å². The normalized spacial score (nSPS) is 36.0. The molecule has 200 valence electrons. The monoisotopic (exact) mass is 531 g/mol. The van der Waals surface area contributed by atoms with Gasteiger partial charge in [-0.2, -0.15) is 22.0 Å². The Labute approximate surface area is 199 Å². The molecule has 3 unspecified atom stereocenters. The SMILES string of the molecule is O=C(OCC12CC3CC(CC(C3)C1)C2)C1CCCCC1C(=O)OC(C(F)(F)F)C(F)(F)S(=O)(=O)[O-]. The van der Waals surface area contributed by atoms with Crippen LogP contribution in [0.5, 0.6) is 0 Å². The zero-order chi connectivity index (χ0) is 25.8. The Morgan fingerprint density at radius 1 is 0.886 bits per heavy atom. The molecule has 5 fully saturated rings. The molecule has 0 saturated heterocycles. The van der Waals surface area contributed by atoms with Gasteiger partial charge in [0.05, 0.1) is 18.4 Å². The summed E-state index contributed by atoms with van der Waals surface area (Å²) in [6.45, 7) is 0.144. The number of carbonyl (C=O) groups excluding carboxylic acids is 2. The quantitative estimate of drug-likeness (QED) is 0.276. The van der Waals surface area contributed by atoms with E-state index in [-0.39, 0.29) is 24.9 Å². The van der Waals surface area contributed by atoms with E-state index >= 15 is 0 Å². The Bertz CT molecular complexity index is 913. The van der Waals surface area contributed by atoms with Gasteiger partial charge in [-0.05, 0) is 69.1 Å². The number of alkyl halides is 5. The maximum atomic E-state index is 13.8. The van der Waals surface area contributed by atoms with Crippen molar-refractivity contribution in [3.8, 4) is 0 Å². The minimum absolute atomic E-state index is 0.0897. The lowest BCUT2D eigenvalue weighted by Gasteiger charge is -2.56. The Balaban J connectivity index is 1.44.